The van der Waals surface area contributed by atoms with Crippen LogP contribution in [0.5, 0.6) is 0 Å². The lowest BCUT2D eigenvalue weighted by Crippen LogP contribution is -2.30. The minimum absolute atomic E-state index is 0.0799. The minimum Gasteiger partial charge on any atom is -0.351 e. The molecular formula is C22H28N2OS. The Balaban J connectivity index is 1.44. The number of rotatable bonds is 7. The predicted octanol–water partition coefficient (Wildman–Crippen LogP) is 4.47. The van der Waals surface area contributed by atoms with Gasteiger partial charge in [0.25, 0.3) is 0 Å². The Morgan fingerprint density at radius 2 is 1.65 bits per heavy atom. The van der Waals surface area contributed by atoms with Crippen LogP contribution < -0.4 is 5.32 Å². The van der Waals surface area contributed by atoms with Crippen LogP contribution in [0.4, 0.5) is 0 Å². The SMILES string of the molecule is CC(Sc1ccccc1)C(=O)NCc1ccc(CN2CCCCC2)cc1. The van der Waals surface area contributed by atoms with Crippen molar-refractivity contribution >= 4 is 17.7 Å². The second kappa shape index (κ2) is 9.79. The van der Waals surface area contributed by atoms with Crippen molar-refractivity contribution in [3.05, 3.63) is 65.7 Å². The van der Waals surface area contributed by atoms with Crippen LogP contribution in [-0.2, 0) is 17.9 Å². The molecule has 1 heterocycles. The maximum Gasteiger partial charge on any atom is 0.233 e. The number of hydrogen-bond donors (Lipinski definition) is 1. The van der Waals surface area contributed by atoms with E-state index >= 15 is 0 Å². The maximum absolute atomic E-state index is 12.3. The summed E-state index contributed by atoms with van der Waals surface area (Å²) in [5.74, 6) is 0.0799. The van der Waals surface area contributed by atoms with E-state index < -0.39 is 0 Å². The third-order valence-electron chi connectivity index (χ3n) is 4.77. The number of nitrogens with zero attached hydrogens (tertiary/aromatic N) is 1. The summed E-state index contributed by atoms with van der Waals surface area (Å²) in [6.07, 6.45) is 4.02. The summed E-state index contributed by atoms with van der Waals surface area (Å²) in [5, 5.41) is 2.95. The Kier molecular flexibility index (Phi) is 7.15. The maximum atomic E-state index is 12.3. The number of amides is 1. The van der Waals surface area contributed by atoms with Gasteiger partial charge in [-0.15, -0.1) is 11.8 Å². The van der Waals surface area contributed by atoms with E-state index in [4.69, 9.17) is 0 Å². The van der Waals surface area contributed by atoms with E-state index in [0.29, 0.717) is 6.54 Å². The van der Waals surface area contributed by atoms with E-state index in [1.165, 1.54) is 37.9 Å². The molecule has 1 unspecified atom stereocenters. The Morgan fingerprint density at radius 1 is 1.00 bits per heavy atom. The predicted molar refractivity (Wildman–Crippen MR) is 109 cm³/mol. The Labute approximate surface area is 161 Å². The van der Waals surface area contributed by atoms with Crippen molar-refractivity contribution in [1.82, 2.24) is 10.2 Å². The van der Waals surface area contributed by atoms with Crippen molar-refractivity contribution < 1.29 is 4.79 Å². The summed E-state index contributed by atoms with van der Waals surface area (Å²) in [5.41, 5.74) is 2.51. The fourth-order valence-electron chi connectivity index (χ4n) is 3.23. The van der Waals surface area contributed by atoms with Crippen molar-refractivity contribution in [3.8, 4) is 0 Å². The van der Waals surface area contributed by atoms with Crippen LogP contribution in [0.2, 0.25) is 0 Å². The topological polar surface area (TPSA) is 32.3 Å². The minimum atomic E-state index is -0.101. The highest BCUT2D eigenvalue weighted by Gasteiger charge is 2.14. The van der Waals surface area contributed by atoms with Crippen LogP contribution in [0.3, 0.4) is 0 Å². The van der Waals surface area contributed by atoms with Gasteiger partial charge in [-0.25, -0.2) is 0 Å². The molecule has 2 aromatic rings. The van der Waals surface area contributed by atoms with Gasteiger partial charge in [-0.3, -0.25) is 9.69 Å². The average Bonchev–Trinajstić information content (AvgIpc) is 2.69. The molecule has 1 saturated heterocycles. The summed E-state index contributed by atoms with van der Waals surface area (Å²) in [7, 11) is 0. The molecule has 1 aliphatic heterocycles. The zero-order valence-corrected chi connectivity index (χ0v) is 16.3. The molecule has 1 N–H and O–H groups in total. The van der Waals surface area contributed by atoms with Crippen LogP contribution in [0, 0.1) is 0 Å². The van der Waals surface area contributed by atoms with E-state index in [-0.39, 0.29) is 11.2 Å². The highest BCUT2D eigenvalue weighted by atomic mass is 32.2. The largest absolute Gasteiger partial charge is 0.351 e. The normalized spacial score (nSPS) is 16.2. The van der Waals surface area contributed by atoms with Gasteiger partial charge in [0.2, 0.25) is 5.91 Å². The quantitative estimate of drug-likeness (QED) is 0.732. The van der Waals surface area contributed by atoms with Gasteiger partial charge in [0, 0.05) is 18.0 Å². The van der Waals surface area contributed by atoms with E-state index in [0.717, 1.165) is 17.0 Å². The summed E-state index contributed by atoms with van der Waals surface area (Å²) in [6, 6.07) is 18.7. The third kappa shape index (κ3) is 5.89. The molecule has 0 bridgehead atoms. The molecule has 1 atom stereocenters. The first-order valence-electron chi connectivity index (χ1n) is 9.50. The summed E-state index contributed by atoms with van der Waals surface area (Å²) in [6.45, 7) is 6.01. The highest BCUT2D eigenvalue weighted by Crippen LogP contribution is 2.22. The van der Waals surface area contributed by atoms with E-state index in [2.05, 4.69) is 34.5 Å². The molecule has 26 heavy (non-hydrogen) atoms. The van der Waals surface area contributed by atoms with Crippen molar-refractivity contribution in [2.75, 3.05) is 13.1 Å². The Morgan fingerprint density at radius 3 is 2.35 bits per heavy atom. The first-order chi connectivity index (χ1) is 12.7. The van der Waals surface area contributed by atoms with Gasteiger partial charge in [-0.1, -0.05) is 48.9 Å². The standard InChI is InChI=1S/C22H28N2OS/c1-18(26-21-8-4-2-5-9-21)22(25)23-16-19-10-12-20(13-11-19)17-24-14-6-3-7-15-24/h2,4-5,8-13,18H,3,6-7,14-17H2,1H3,(H,23,25). The smallest absolute Gasteiger partial charge is 0.233 e. The van der Waals surface area contributed by atoms with Gasteiger partial charge < -0.3 is 5.32 Å². The van der Waals surface area contributed by atoms with Gasteiger partial charge in [0.05, 0.1) is 5.25 Å². The highest BCUT2D eigenvalue weighted by molar-refractivity contribution is 8.00. The number of piperidine rings is 1. The summed E-state index contributed by atoms with van der Waals surface area (Å²) < 4.78 is 0. The molecule has 0 aliphatic carbocycles. The second-order valence-electron chi connectivity index (χ2n) is 6.94. The molecular weight excluding hydrogens is 340 g/mol. The molecule has 3 rings (SSSR count). The molecule has 1 fully saturated rings. The number of carbonyl (C=O) groups is 1. The van der Waals surface area contributed by atoms with Gasteiger partial charge in [0.15, 0.2) is 0 Å². The molecule has 4 heteroatoms. The fourth-order valence-corrected chi connectivity index (χ4v) is 4.14. The Hall–Kier alpha value is -1.78. The van der Waals surface area contributed by atoms with E-state index in [1.807, 2.05) is 37.3 Å². The summed E-state index contributed by atoms with van der Waals surface area (Å²) >= 11 is 1.59. The number of hydrogen-bond acceptors (Lipinski definition) is 3. The van der Waals surface area contributed by atoms with Crippen LogP contribution >= 0.6 is 11.8 Å². The average molecular weight is 369 g/mol. The van der Waals surface area contributed by atoms with Crippen molar-refractivity contribution in [1.29, 1.82) is 0 Å². The van der Waals surface area contributed by atoms with Gasteiger partial charge in [-0.05, 0) is 56.1 Å². The molecule has 0 radical (unpaired) electrons. The van der Waals surface area contributed by atoms with Crippen molar-refractivity contribution in [2.45, 2.75) is 49.4 Å². The Bertz CT molecular complexity index is 681. The van der Waals surface area contributed by atoms with Gasteiger partial charge in [0.1, 0.15) is 0 Å². The third-order valence-corrected chi connectivity index (χ3v) is 5.88. The van der Waals surface area contributed by atoms with Crippen molar-refractivity contribution in [2.24, 2.45) is 0 Å². The molecule has 0 aromatic heterocycles. The molecule has 3 nitrogen and oxygen atoms in total. The monoisotopic (exact) mass is 368 g/mol. The number of likely N-dealkylation sites (tertiary alicyclic amines) is 1. The molecule has 0 spiro atoms. The number of nitrogens with one attached hydrogen (secondary N) is 1. The van der Waals surface area contributed by atoms with Crippen molar-refractivity contribution in [3.63, 3.8) is 0 Å². The molecule has 0 saturated carbocycles. The van der Waals surface area contributed by atoms with Gasteiger partial charge in [-0.2, -0.15) is 0 Å². The van der Waals surface area contributed by atoms with E-state index in [1.54, 1.807) is 11.8 Å². The zero-order chi connectivity index (χ0) is 18.2. The first kappa shape index (κ1) is 19.0. The number of benzene rings is 2. The molecule has 1 amide bonds. The second-order valence-corrected chi connectivity index (χ2v) is 8.36. The van der Waals surface area contributed by atoms with Crippen LogP contribution in [-0.4, -0.2) is 29.1 Å². The van der Waals surface area contributed by atoms with Crippen LogP contribution in [0.25, 0.3) is 0 Å². The lowest BCUT2D eigenvalue weighted by atomic mass is 10.1. The van der Waals surface area contributed by atoms with Crippen LogP contribution in [0.1, 0.15) is 37.3 Å². The van der Waals surface area contributed by atoms with E-state index in [9.17, 15) is 4.79 Å². The summed E-state index contributed by atoms with van der Waals surface area (Å²) in [4.78, 5) is 16.0. The first-order valence-corrected chi connectivity index (χ1v) is 10.4. The fraction of sp³-hybridized carbons (Fsp3) is 0.409. The number of thioether (sulfide) groups is 1. The lowest BCUT2D eigenvalue weighted by molar-refractivity contribution is -0.120. The molecule has 1 aliphatic rings. The molecule has 2 aromatic carbocycles. The van der Waals surface area contributed by atoms with Gasteiger partial charge >= 0.3 is 0 Å². The lowest BCUT2D eigenvalue weighted by Gasteiger charge is -2.26. The molecule has 138 valence electrons. The zero-order valence-electron chi connectivity index (χ0n) is 15.5. The van der Waals surface area contributed by atoms with Crippen LogP contribution in [0.15, 0.2) is 59.5 Å². The number of carbonyl (C=O) groups excluding carboxylic acids is 1.